The van der Waals surface area contributed by atoms with Crippen molar-refractivity contribution < 1.29 is 19.2 Å². The van der Waals surface area contributed by atoms with Crippen LogP contribution in [-0.4, -0.2) is 45.7 Å². The van der Waals surface area contributed by atoms with Crippen molar-refractivity contribution in [2.75, 3.05) is 13.6 Å². The molecule has 1 rings (SSSR count). The summed E-state index contributed by atoms with van der Waals surface area (Å²) in [6.07, 6.45) is 0.461. The number of aryl methyl sites for hydroxylation is 1. The molecule has 100 valence electrons. The fraction of sp³-hybridized carbons (Fsp3) is 0.600. The van der Waals surface area contributed by atoms with Gasteiger partial charge in [0.1, 0.15) is 0 Å². The molecule has 8 nitrogen and oxygen atoms in total. The summed E-state index contributed by atoms with van der Waals surface area (Å²) in [5, 5.41) is 14.7. The van der Waals surface area contributed by atoms with Crippen LogP contribution in [-0.2, 0) is 11.3 Å². The number of carboxylic acids is 1. The standard InChI is InChI=1S/C10H16N4O4/c1-7-12-8(13-18-7)6-11-10(17)14(2)5-3-4-9(15)16/h3-6H2,1-2H3,(H,11,17)(H,15,16). The smallest absolute Gasteiger partial charge is 0.317 e. The van der Waals surface area contributed by atoms with E-state index in [0.29, 0.717) is 24.7 Å². The van der Waals surface area contributed by atoms with Crippen LogP contribution in [0.5, 0.6) is 0 Å². The molecule has 0 aromatic carbocycles. The number of nitrogens with zero attached hydrogens (tertiary/aromatic N) is 3. The molecule has 18 heavy (non-hydrogen) atoms. The predicted octanol–water partition coefficient (Wildman–Crippen LogP) is 0.384. The number of aliphatic carboxylic acids is 1. The molecule has 1 aromatic heterocycles. The molecule has 0 atom stereocenters. The van der Waals surface area contributed by atoms with Gasteiger partial charge >= 0.3 is 12.0 Å². The molecule has 0 bridgehead atoms. The first-order valence-electron chi connectivity index (χ1n) is 5.49. The van der Waals surface area contributed by atoms with Gasteiger partial charge in [0.2, 0.25) is 5.89 Å². The molecule has 0 saturated heterocycles. The van der Waals surface area contributed by atoms with Crippen molar-refractivity contribution >= 4 is 12.0 Å². The van der Waals surface area contributed by atoms with Crippen LogP contribution in [0.4, 0.5) is 4.79 Å². The van der Waals surface area contributed by atoms with E-state index in [4.69, 9.17) is 9.63 Å². The number of nitrogens with one attached hydrogen (secondary N) is 1. The first kappa shape index (κ1) is 13.9. The number of urea groups is 1. The second-order valence-electron chi connectivity index (χ2n) is 3.81. The molecule has 8 heteroatoms. The van der Waals surface area contributed by atoms with Crippen LogP contribution in [0.3, 0.4) is 0 Å². The molecule has 0 spiro atoms. The maximum absolute atomic E-state index is 11.6. The quantitative estimate of drug-likeness (QED) is 0.761. The summed E-state index contributed by atoms with van der Waals surface area (Å²) >= 11 is 0. The van der Waals surface area contributed by atoms with Gasteiger partial charge in [-0.3, -0.25) is 4.79 Å². The lowest BCUT2D eigenvalue weighted by molar-refractivity contribution is -0.137. The molecular formula is C10H16N4O4. The minimum atomic E-state index is -0.869. The minimum absolute atomic E-state index is 0.0433. The average Bonchev–Trinajstić information content (AvgIpc) is 2.71. The summed E-state index contributed by atoms with van der Waals surface area (Å²) in [6, 6.07) is -0.303. The largest absolute Gasteiger partial charge is 0.481 e. The number of carboxylic acid groups (broad SMARTS) is 1. The zero-order valence-electron chi connectivity index (χ0n) is 10.3. The number of hydrogen-bond donors (Lipinski definition) is 2. The number of carbonyl (C=O) groups is 2. The summed E-state index contributed by atoms with van der Waals surface area (Å²) in [5.41, 5.74) is 0. The Morgan fingerprint density at radius 3 is 2.78 bits per heavy atom. The molecule has 0 aliphatic heterocycles. The summed E-state index contributed by atoms with van der Waals surface area (Å²) in [4.78, 5) is 27.2. The van der Waals surface area contributed by atoms with Crippen LogP contribution < -0.4 is 5.32 Å². The first-order valence-corrected chi connectivity index (χ1v) is 5.49. The van der Waals surface area contributed by atoms with Gasteiger partial charge in [-0.25, -0.2) is 4.79 Å². The normalized spacial score (nSPS) is 10.1. The van der Waals surface area contributed by atoms with Gasteiger partial charge in [0, 0.05) is 26.9 Å². The van der Waals surface area contributed by atoms with Crippen molar-refractivity contribution in [3.8, 4) is 0 Å². The van der Waals surface area contributed by atoms with Crippen LogP contribution >= 0.6 is 0 Å². The molecule has 1 heterocycles. The zero-order valence-corrected chi connectivity index (χ0v) is 10.3. The predicted molar refractivity (Wildman–Crippen MR) is 60.8 cm³/mol. The number of rotatable bonds is 6. The maximum Gasteiger partial charge on any atom is 0.317 e. The molecule has 2 N–H and O–H groups in total. The Balaban J connectivity index is 2.25. The third-order valence-corrected chi connectivity index (χ3v) is 2.20. The molecule has 0 aliphatic carbocycles. The Kier molecular flexibility index (Phi) is 5.09. The van der Waals surface area contributed by atoms with Crippen molar-refractivity contribution in [3.63, 3.8) is 0 Å². The maximum atomic E-state index is 11.6. The Morgan fingerprint density at radius 2 is 2.22 bits per heavy atom. The highest BCUT2D eigenvalue weighted by molar-refractivity contribution is 5.73. The van der Waals surface area contributed by atoms with Crippen molar-refractivity contribution in [3.05, 3.63) is 11.7 Å². The highest BCUT2D eigenvalue weighted by Gasteiger charge is 2.10. The molecule has 0 unspecified atom stereocenters. The fourth-order valence-corrected chi connectivity index (χ4v) is 1.27. The number of amides is 2. The summed E-state index contributed by atoms with van der Waals surface area (Å²) in [7, 11) is 1.60. The SMILES string of the molecule is Cc1nc(CNC(=O)N(C)CCCC(=O)O)no1. The number of aromatic nitrogens is 2. The summed E-state index contributed by atoms with van der Waals surface area (Å²) in [5.74, 6) is -0.0278. The molecule has 0 radical (unpaired) electrons. The van der Waals surface area contributed by atoms with Crippen LogP contribution in [0.1, 0.15) is 24.6 Å². The van der Waals surface area contributed by atoms with Gasteiger partial charge in [0.05, 0.1) is 6.54 Å². The van der Waals surface area contributed by atoms with E-state index in [9.17, 15) is 9.59 Å². The molecule has 1 aromatic rings. The van der Waals surface area contributed by atoms with E-state index < -0.39 is 5.97 Å². The van der Waals surface area contributed by atoms with E-state index in [1.54, 1.807) is 14.0 Å². The van der Waals surface area contributed by atoms with Crippen LogP contribution in [0.25, 0.3) is 0 Å². The van der Waals surface area contributed by atoms with E-state index in [-0.39, 0.29) is 19.0 Å². The highest BCUT2D eigenvalue weighted by atomic mass is 16.5. The van der Waals surface area contributed by atoms with Gasteiger partial charge in [0.25, 0.3) is 0 Å². The number of carbonyl (C=O) groups excluding carboxylic acids is 1. The lowest BCUT2D eigenvalue weighted by Crippen LogP contribution is -2.37. The van der Waals surface area contributed by atoms with Crippen LogP contribution in [0, 0.1) is 6.92 Å². The second kappa shape index (κ2) is 6.58. The van der Waals surface area contributed by atoms with E-state index in [2.05, 4.69) is 15.5 Å². The van der Waals surface area contributed by atoms with Gasteiger partial charge in [-0.1, -0.05) is 5.16 Å². The lowest BCUT2D eigenvalue weighted by atomic mass is 10.3. The Morgan fingerprint density at radius 1 is 1.50 bits per heavy atom. The van der Waals surface area contributed by atoms with E-state index >= 15 is 0 Å². The molecule has 0 aliphatic rings. The van der Waals surface area contributed by atoms with Crippen LogP contribution in [0.2, 0.25) is 0 Å². The van der Waals surface area contributed by atoms with Crippen molar-refractivity contribution in [2.24, 2.45) is 0 Å². The van der Waals surface area contributed by atoms with Gasteiger partial charge in [-0.15, -0.1) is 0 Å². The third-order valence-electron chi connectivity index (χ3n) is 2.20. The first-order chi connectivity index (χ1) is 8.49. The highest BCUT2D eigenvalue weighted by Crippen LogP contribution is 1.96. The lowest BCUT2D eigenvalue weighted by Gasteiger charge is -2.16. The molecule has 0 fully saturated rings. The molecular weight excluding hydrogens is 240 g/mol. The molecule has 0 saturated carbocycles. The van der Waals surface area contributed by atoms with Gasteiger partial charge in [-0.05, 0) is 6.42 Å². The fourth-order valence-electron chi connectivity index (χ4n) is 1.27. The summed E-state index contributed by atoms with van der Waals surface area (Å²) < 4.78 is 4.76. The van der Waals surface area contributed by atoms with Crippen molar-refractivity contribution in [1.29, 1.82) is 0 Å². The third kappa shape index (κ3) is 4.81. The Bertz CT molecular complexity index is 418. The van der Waals surface area contributed by atoms with Crippen molar-refractivity contribution in [2.45, 2.75) is 26.3 Å². The monoisotopic (exact) mass is 256 g/mol. The summed E-state index contributed by atoms with van der Waals surface area (Å²) in [6.45, 7) is 2.22. The number of hydrogen-bond acceptors (Lipinski definition) is 5. The minimum Gasteiger partial charge on any atom is -0.481 e. The Labute approximate surface area is 104 Å². The van der Waals surface area contributed by atoms with Crippen molar-refractivity contribution in [1.82, 2.24) is 20.4 Å². The zero-order chi connectivity index (χ0) is 13.5. The topological polar surface area (TPSA) is 109 Å². The van der Waals surface area contributed by atoms with Gasteiger partial charge in [-0.2, -0.15) is 4.98 Å². The van der Waals surface area contributed by atoms with Gasteiger partial charge in [0.15, 0.2) is 5.82 Å². The van der Waals surface area contributed by atoms with Gasteiger partial charge < -0.3 is 19.8 Å². The average molecular weight is 256 g/mol. The Hall–Kier alpha value is -2.12. The van der Waals surface area contributed by atoms with E-state index in [1.165, 1.54) is 4.90 Å². The second-order valence-corrected chi connectivity index (χ2v) is 3.81. The van der Waals surface area contributed by atoms with E-state index in [1.807, 2.05) is 0 Å². The van der Waals surface area contributed by atoms with E-state index in [0.717, 1.165) is 0 Å². The molecule has 2 amide bonds. The van der Waals surface area contributed by atoms with Crippen LogP contribution in [0.15, 0.2) is 4.52 Å².